The van der Waals surface area contributed by atoms with Gasteiger partial charge in [0.1, 0.15) is 17.2 Å². The van der Waals surface area contributed by atoms with Crippen molar-refractivity contribution >= 4 is 34.8 Å². The van der Waals surface area contributed by atoms with E-state index in [2.05, 4.69) is 5.32 Å². The number of benzene rings is 2. The molecule has 7 nitrogen and oxygen atoms in total. The van der Waals surface area contributed by atoms with Gasteiger partial charge < -0.3 is 24.4 Å². The fraction of sp³-hybridized carbons (Fsp3) is 0.333. The van der Waals surface area contributed by atoms with Gasteiger partial charge in [-0.1, -0.05) is 11.6 Å². The summed E-state index contributed by atoms with van der Waals surface area (Å²) in [5, 5.41) is 3.29. The lowest BCUT2D eigenvalue weighted by Crippen LogP contribution is -2.53. The number of carbonyl (C=O) groups excluding carboxylic acids is 2. The van der Waals surface area contributed by atoms with Crippen molar-refractivity contribution in [1.29, 1.82) is 0 Å². The van der Waals surface area contributed by atoms with Gasteiger partial charge in [-0.2, -0.15) is 0 Å². The molecule has 0 aliphatic carbocycles. The van der Waals surface area contributed by atoms with Crippen LogP contribution < -0.4 is 24.4 Å². The van der Waals surface area contributed by atoms with Crippen molar-refractivity contribution in [3.05, 3.63) is 41.4 Å². The molecule has 0 bridgehead atoms. The molecule has 1 N–H and O–H groups in total. The van der Waals surface area contributed by atoms with Crippen LogP contribution in [0.15, 0.2) is 36.4 Å². The predicted molar refractivity (Wildman–Crippen MR) is 111 cm³/mol. The SMILES string of the molecule is COc1ccc(NC(=O)CCN2C(=O)C(C)(C)Oc3ccc(Cl)cc32)c(OC)c1. The lowest BCUT2D eigenvalue weighted by atomic mass is 10.0. The Balaban J connectivity index is 1.75. The van der Waals surface area contributed by atoms with Gasteiger partial charge >= 0.3 is 0 Å². The van der Waals surface area contributed by atoms with Crippen LogP contribution in [0, 0.1) is 0 Å². The van der Waals surface area contributed by atoms with Crippen LogP contribution in [0.5, 0.6) is 17.2 Å². The molecule has 0 saturated carbocycles. The van der Waals surface area contributed by atoms with Gasteiger partial charge in [-0.05, 0) is 44.2 Å². The molecule has 29 heavy (non-hydrogen) atoms. The van der Waals surface area contributed by atoms with Crippen LogP contribution in [0.4, 0.5) is 11.4 Å². The maximum atomic E-state index is 12.9. The van der Waals surface area contributed by atoms with E-state index in [9.17, 15) is 9.59 Å². The van der Waals surface area contributed by atoms with E-state index in [-0.39, 0.29) is 24.8 Å². The Morgan fingerprint density at radius 2 is 1.93 bits per heavy atom. The number of amides is 2. The normalized spacial score (nSPS) is 14.7. The Hall–Kier alpha value is -2.93. The van der Waals surface area contributed by atoms with Crippen LogP contribution in [0.1, 0.15) is 20.3 Å². The number of carbonyl (C=O) groups is 2. The van der Waals surface area contributed by atoms with Crippen LogP contribution in [-0.2, 0) is 9.59 Å². The number of rotatable bonds is 6. The number of hydrogen-bond donors (Lipinski definition) is 1. The molecule has 2 amide bonds. The average Bonchev–Trinajstić information content (AvgIpc) is 2.69. The molecule has 1 heterocycles. The molecule has 1 aliphatic rings. The Bertz CT molecular complexity index is 945. The van der Waals surface area contributed by atoms with Gasteiger partial charge in [0.25, 0.3) is 5.91 Å². The zero-order valence-corrected chi connectivity index (χ0v) is 17.5. The summed E-state index contributed by atoms with van der Waals surface area (Å²) in [6, 6.07) is 10.2. The van der Waals surface area contributed by atoms with Crippen LogP contribution in [0.25, 0.3) is 0 Å². The van der Waals surface area contributed by atoms with E-state index in [4.69, 9.17) is 25.8 Å². The van der Waals surface area contributed by atoms with E-state index in [0.717, 1.165) is 0 Å². The van der Waals surface area contributed by atoms with E-state index < -0.39 is 5.60 Å². The van der Waals surface area contributed by atoms with Gasteiger partial charge in [0, 0.05) is 24.1 Å². The van der Waals surface area contributed by atoms with Gasteiger partial charge in [0.15, 0.2) is 5.60 Å². The van der Waals surface area contributed by atoms with Crippen LogP contribution in [-0.4, -0.2) is 38.2 Å². The highest BCUT2D eigenvalue weighted by atomic mass is 35.5. The number of halogens is 1. The minimum atomic E-state index is -1.03. The standard InChI is InChI=1S/C21H23ClN2O5/c1-21(2)20(26)24(16-11-13(22)5-8-17(16)29-21)10-9-19(25)23-15-7-6-14(27-3)12-18(15)28-4/h5-8,11-12H,9-10H2,1-4H3,(H,23,25). The molecular weight excluding hydrogens is 396 g/mol. The molecule has 0 radical (unpaired) electrons. The minimum absolute atomic E-state index is 0.0863. The molecule has 0 atom stereocenters. The van der Waals surface area contributed by atoms with Gasteiger partial charge in [-0.25, -0.2) is 0 Å². The third-order valence-corrected chi connectivity index (χ3v) is 4.82. The quantitative estimate of drug-likeness (QED) is 0.770. The molecule has 2 aromatic rings. The molecule has 0 unspecified atom stereocenters. The molecule has 0 spiro atoms. The third kappa shape index (κ3) is 4.40. The topological polar surface area (TPSA) is 77.1 Å². The Kier molecular flexibility index (Phi) is 5.88. The molecule has 3 rings (SSSR count). The number of anilines is 2. The summed E-state index contributed by atoms with van der Waals surface area (Å²) < 4.78 is 16.2. The van der Waals surface area contributed by atoms with Crippen molar-refractivity contribution in [1.82, 2.24) is 0 Å². The highest BCUT2D eigenvalue weighted by Gasteiger charge is 2.40. The summed E-state index contributed by atoms with van der Waals surface area (Å²) in [4.78, 5) is 26.9. The first-order chi connectivity index (χ1) is 13.7. The fourth-order valence-corrected chi connectivity index (χ4v) is 3.26. The van der Waals surface area contributed by atoms with Gasteiger partial charge in [-0.3, -0.25) is 9.59 Å². The van der Waals surface area contributed by atoms with Gasteiger partial charge in [-0.15, -0.1) is 0 Å². The molecule has 0 saturated heterocycles. The second-order valence-corrected chi connectivity index (χ2v) is 7.48. The maximum absolute atomic E-state index is 12.9. The summed E-state index contributed by atoms with van der Waals surface area (Å²) >= 11 is 6.09. The van der Waals surface area contributed by atoms with E-state index in [1.165, 1.54) is 12.0 Å². The second kappa shape index (κ2) is 8.21. The number of ether oxygens (including phenoxy) is 3. The lowest BCUT2D eigenvalue weighted by Gasteiger charge is -2.38. The molecule has 154 valence electrons. The number of nitrogens with one attached hydrogen (secondary N) is 1. The Labute approximate surface area is 174 Å². The second-order valence-electron chi connectivity index (χ2n) is 7.05. The average molecular weight is 419 g/mol. The van der Waals surface area contributed by atoms with Crippen molar-refractivity contribution in [3.8, 4) is 17.2 Å². The zero-order chi connectivity index (χ0) is 21.2. The summed E-state index contributed by atoms with van der Waals surface area (Å²) in [6.45, 7) is 3.58. The number of hydrogen-bond acceptors (Lipinski definition) is 5. The van der Waals surface area contributed by atoms with E-state index in [1.807, 2.05) is 0 Å². The number of fused-ring (bicyclic) bond motifs is 1. The van der Waals surface area contributed by atoms with Crippen molar-refractivity contribution in [2.75, 3.05) is 31.0 Å². The summed E-state index contributed by atoms with van der Waals surface area (Å²) in [7, 11) is 3.07. The predicted octanol–water partition coefficient (Wildman–Crippen LogP) is 3.89. The number of methoxy groups -OCH3 is 2. The van der Waals surface area contributed by atoms with Crippen molar-refractivity contribution in [2.24, 2.45) is 0 Å². The van der Waals surface area contributed by atoms with E-state index >= 15 is 0 Å². The zero-order valence-electron chi connectivity index (χ0n) is 16.7. The first kappa shape index (κ1) is 20.8. The Morgan fingerprint density at radius 1 is 1.17 bits per heavy atom. The Morgan fingerprint density at radius 3 is 2.62 bits per heavy atom. The molecule has 0 fully saturated rings. The third-order valence-electron chi connectivity index (χ3n) is 4.58. The largest absolute Gasteiger partial charge is 0.497 e. The summed E-state index contributed by atoms with van der Waals surface area (Å²) in [5.41, 5.74) is 0.0447. The van der Waals surface area contributed by atoms with Crippen molar-refractivity contribution < 1.29 is 23.8 Å². The highest BCUT2D eigenvalue weighted by Crippen LogP contribution is 2.39. The molecule has 1 aliphatic heterocycles. The van der Waals surface area contributed by atoms with Crippen LogP contribution in [0.3, 0.4) is 0 Å². The van der Waals surface area contributed by atoms with Crippen LogP contribution in [0.2, 0.25) is 5.02 Å². The minimum Gasteiger partial charge on any atom is -0.497 e. The first-order valence-electron chi connectivity index (χ1n) is 9.07. The smallest absolute Gasteiger partial charge is 0.270 e. The molecular formula is C21H23ClN2O5. The lowest BCUT2D eigenvalue weighted by molar-refractivity contribution is -0.132. The highest BCUT2D eigenvalue weighted by molar-refractivity contribution is 6.31. The van der Waals surface area contributed by atoms with Crippen molar-refractivity contribution in [2.45, 2.75) is 25.9 Å². The van der Waals surface area contributed by atoms with Gasteiger partial charge in [0.2, 0.25) is 5.91 Å². The van der Waals surface area contributed by atoms with Crippen LogP contribution >= 0.6 is 11.6 Å². The summed E-state index contributed by atoms with van der Waals surface area (Å²) in [5.74, 6) is 1.17. The fourth-order valence-electron chi connectivity index (χ4n) is 3.09. The maximum Gasteiger partial charge on any atom is 0.270 e. The molecule has 2 aromatic carbocycles. The monoisotopic (exact) mass is 418 g/mol. The molecule has 8 heteroatoms. The van der Waals surface area contributed by atoms with Crippen molar-refractivity contribution in [3.63, 3.8) is 0 Å². The summed E-state index contributed by atoms with van der Waals surface area (Å²) in [6.07, 6.45) is 0.0863. The van der Waals surface area contributed by atoms with E-state index in [1.54, 1.807) is 57.4 Å². The van der Waals surface area contributed by atoms with Gasteiger partial charge in [0.05, 0.1) is 25.6 Å². The molecule has 0 aromatic heterocycles. The van der Waals surface area contributed by atoms with E-state index in [0.29, 0.717) is 33.6 Å². The first-order valence-corrected chi connectivity index (χ1v) is 9.45. The number of nitrogens with zero attached hydrogens (tertiary/aromatic N) is 1.